The zero-order valence-electron chi connectivity index (χ0n) is 31.6. The first kappa shape index (κ1) is 40.1. The third-order valence-electron chi connectivity index (χ3n) is 8.93. The van der Waals surface area contributed by atoms with Crippen LogP contribution < -0.4 is 9.47 Å². The van der Waals surface area contributed by atoms with Gasteiger partial charge in [-0.2, -0.15) is 0 Å². The van der Waals surface area contributed by atoms with Gasteiger partial charge in [0.2, 0.25) is 0 Å². The van der Waals surface area contributed by atoms with Crippen molar-refractivity contribution < 1.29 is 42.9 Å². The monoisotopic (exact) mass is 714 g/mol. The summed E-state index contributed by atoms with van der Waals surface area (Å²) in [5.74, 6) is -0.392. The zero-order valence-corrected chi connectivity index (χ0v) is 31.6. The van der Waals surface area contributed by atoms with E-state index in [1.54, 1.807) is 24.3 Å². The molecule has 0 saturated carbocycles. The minimum Gasteiger partial charge on any atom is -0.490 e. The van der Waals surface area contributed by atoms with Crippen LogP contribution in [-0.4, -0.2) is 50.3 Å². The second kappa shape index (κ2) is 18.7. The van der Waals surface area contributed by atoms with Crippen LogP contribution in [0.2, 0.25) is 0 Å². The van der Waals surface area contributed by atoms with Crippen LogP contribution in [0.15, 0.2) is 66.7 Å². The topological polar surface area (TPSA) is 114 Å². The summed E-state index contributed by atoms with van der Waals surface area (Å²) < 4.78 is 27.5. The van der Waals surface area contributed by atoms with Gasteiger partial charge in [-0.15, -0.1) is 0 Å². The van der Waals surface area contributed by atoms with E-state index in [0.29, 0.717) is 62.4 Å². The number of unbranched alkanes of at least 4 members (excludes halogenated alkanes) is 4. The SMILES string of the molecule is CC(C)(C)c1cc2c(c(C(C)(C)C)c1)OC(=O)C2c1ccc(OCCOC(=O)CCCCCOC(=O)CCCCCOC(=O)c2ccccc2)cc1. The van der Waals surface area contributed by atoms with Gasteiger partial charge >= 0.3 is 23.9 Å². The minimum absolute atomic E-state index is 0.0874. The molecule has 1 atom stereocenters. The van der Waals surface area contributed by atoms with E-state index in [0.717, 1.165) is 35.1 Å². The molecule has 0 N–H and O–H groups in total. The highest BCUT2D eigenvalue weighted by Crippen LogP contribution is 2.47. The van der Waals surface area contributed by atoms with E-state index in [-0.39, 0.29) is 54.3 Å². The van der Waals surface area contributed by atoms with Gasteiger partial charge in [-0.1, -0.05) is 84.0 Å². The molecule has 0 bridgehead atoms. The highest BCUT2D eigenvalue weighted by atomic mass is 16.6. The first-order chi connectivity index (χ1) is 24.7. The van der Waals surface area contributed by atoms with Gasteiger partial charge in [0, 0.05) is 24.0 Å². The predicted octanol–water partition coefficient (Wildman–Crippen LogP) is 8.78. The molecule has 1 unspecified atom stereocenters. The fourth-order valence-electron chi connectivity index (χ4n) is 5.89. The number of rotatable bonds is 18. The quantitative estimate of drug-likeness (QED) is 0.0552. The van der Waals surface area contributed by atoms with E-state index in [1.807, 2.05) is 30.3 Å². The van der Waals surface area contributed by atoms with Crippen LogP contribution in [0, 0.1) is 0 Å². The molecule has 0 spiro atoms. The molecule has 52 heavy (non-hydrogen) atoms. The average molecular weight is 715 g/mol. The average Bonchev–Trinajstić information content (AvgIpc) is 3.44. The van der Waals surface area contributed by atoms with Crippen LogP contribution in [0.1, 0.15) is 131 Å². The van der Waals surface area contributed by atoms with Crippen molar-refractivity contribution in [1.29, 1.82) is 0 Å². The molecule has 1 aliphatic rings. The summed E-state index contributed by atoms with van der Waals surface area (Å²) in [5, 5.41) is 0. The largest absolute Gasteiger partial charge is 0.490 e. The molecule has 0 aromatic heterocycles. The fourth-order valence-corrected chi connectivity index (χ4v) is 5.89. The molecule has 0 radical (unpaired) electrons. The van der Waals surface area contributed by atoms with Crippen molar-refractivity contribution in [2.75, 3.05) is 26.4 Å². The number of hydrogen-bond acceptors (Lipinski definition) is 9. The maximum absolute atomic E-state index is 13.2. The number of carbonyl (C=O) groups excluding carboxylic acids is 4. The Morgan fingerprint density at radius 3 is 1.85 bits per heavy atom. The molecule has 1 aliphatic heterocycles. The van der Waals surface area contributed by atoms with Gasteiger partial charge in [0.25, 0.3) is 0 Å². The summed E-state index contributed by atoms with van der Waals surface area (Å²) in [6.45, 7) is 13.9. The zero-order chi connectivity index (χ0) is 37.7. The summed E-state index contributed by atoms with van der Waals surface area (Å²) >= 11 is 0. The standard InChI is InChI=1S/C43H54O9/c1-42(2,3)32-28-34-38(41(47)52-39(34)35(29-32)43(4,5)6)30-20-22-33(23-21-30)48-26-27-50-37(45)19-12-8-14-24-49-36(44)18-13-9-15-25-51-40(46)31-16-10-7-11-17-31/h7,10-11,16-17,20-23,28-29,38H,8-9,12-15,18-19,24-27H2,1-6H3. The molecule has 280 valence electrons. The Bertz CT molecular complexity index is 1650. The first-order valence-electron chi connectivity index (χ1n) is 18.4. The molecule has 0 fully saturated rings. The molecule has 0 saturated heterocycles. The Kier molecular flexibility index (Phi) is 14.4. The summed E-state index contributed by atoms with van der Waals surface area (Å²) in [6, 6.07) is 20.5. The number of esters is 4. The van der Waals surface area contributed by atoms with Crippen LogP contribution in [0.4, 0.5) is 0 Å². The predicted molar refractivity (Wildman–Crippen MR) is 199 cm³/mol. The van der Waals surface area contributed by atoms with Crippen molar-refractivity contribution in [1.82, 2.24) is 0 Å². The van der Waals surface area contributed by atoms with Gasteiger partial charge in [-0.3, -0.25) is 14.4 Å². The number of ether oxygens (including phenoxy) is 5. The lowest BCUT2D eigenvalue weighted by molar-refractivity contribution is -0.145. The number of carbonyl (C=O) groups is 4. The molecule has 9 nitrogen and oxygen atoms in total. The molecule has 0 amide bonds. The number of fused-ring (bicyclic) bond motifs is 1. The Labute approximate surface area is 308 Å². The van der Waals surface area contributed by atoms with E-state index in [2.05, 4.69) is 53.7 Å². The maximum Gasteiger partial charge on any atom is 0.338 e. The second-order valence-corrected chi connectivity index (χ2v) is 15.3. The van der Waals surface area contributed by atoms with E-state index >= 15 is 0 Å². The highest BCUT2D eigenvalue weighted by Gasteiger charge is 2.39. The molecule has 9 heteroatoms. The Balaban J connectivity index is 1.06. The molecule has 3 aromatic rings. The van der Waals surface area contributed by atoms with Crippen molar-refractivity contribution >= 4 is 23.9 Å². The maximum atomic E-state index is 13.2. The third kappa shape index (κ3) is 12.0. The minimum atomic E-state index is -0.512. The van der Waals surface area contributed by atoms with E-state index in [1.165, 1.54) is 0 Å². The van der Waals surface area contributed by atoms with Crippen LogP contribution in [-0.2, 0) is 39.4 Å². The van der Waals surface area contributed by atoms with Gasteiger partial charge in [-0.05, 0) is 84.7 Å². The second-order valence-electron chi connectivity index (χ2n) is 15.3. The van der Waals surface area contributed by atoms with Crippen LogP contribution >= 0.6 is 0 Å². The molecule has 3 aromatic carbocycles. The van der Waals surface area contributed by atoms with E-state index in [9.17, 15) is 19.2 Å². The van der Waals surface area contributed by atoms with Gasteiger partial charge in [0.05, 0.1) is 18.8 Å². The lowest BCUT2D eigenvalue weighted by atomic mass is 9.77. The highest BCUT2D eigenvalue weighted by molar-refractivity contribution is 5.90. The van der Waals surface area contributed by atoms with Crippen molar-refractivity contribution in [3.63, 3.8) is 0 Å². The Morgan fingerprint density at radius 2 is 1.25 bits per heavy atom. The molecular weight excluding hydrogens is 660 g/mol. The number of hydrogen-bond donors (Lipinski definition) is 0. The smallest absolute Gasteiger partial charge is 0.338 e. The summed E-state index contributed by atoms with van der Waals surface area (Å²) in [5.41, 5.74) is 4.17. The fraction of sp³-hybridized carbons (Fsp3) is 0.488. The van der Waals surface area contributed by atoms with E-state index < -0.39 is 5.92 Å². The summed E-state index contributed by atoms with van der Waals surface area (Å²) in [4.78, 5) is 49.2. The van der Waals surface area contributed by atoms with Crippen molar-refractivity contribution in [3.8, 4) is 11.5 Å². The molecule has 1 heterocycles. The normalized spacial score (nSPS) is 14.0. The first-order valence-corrected chi connectivity index (χ1v) is 18.4. The molecule has 4 rings (SSSR count). The van der Waals surface area contributed by atoms with Gasteiger partial charge < -0.3 is 23.7 Å². The van der Waals surface area contributed by atoms with Crippen molar-refractivity contribution in [2.24, 2.45) is 0 Å². The van der Waals surface area contributed by atoms with Crippen LogP contribution in [0.3, 0.4) is 0 Å². The Morgan fingerprint density at radius 1 is 0.654 bits per heavy atom. The molecular formula is C43H54O9. The van der Waals surface area contributed by atoms with Crippen molar-refractivity contribution in [2.45, 2.75) is 110 Å². The van der Waals surface area contributed by atoms with Crippen molar-refractivity contribution in [3.05, 3.63) is 94.5 Å². The summed E-state index contributed by atoms with van der Waals surface area (Å²) in [7, 11) is 0. The lowest BCUT2D eigenvalue weighted by Gasteiger charge is -2.27. The van der Waals surface area contributed by atoms with E-state index in [4.69, 9.17) is 23.7 Å². The Hall–Kier alpha value is -4.66. The lowest BCUT2D eigenvalue weighted by Crippen LogP contribution is -2.17. The number of benzene rings is 3. The van der Waals surface area contributed by atoms with Gasteiger partial charge in [0.1, 0.15) is 30.6 Å². The molecule has 0 aliphatic carbocycles. The summed E-state index contributed by atoms with van der Waals surface area (Å²) in [6.07, 6.45) is 4.79. The third-order valence-corrected chi connectivity index (χ3v) is 8.93. The van der Waals surface area contributed by atoms with Gasteiger partial charge in [0.15, 0.2) is 0 Å². The van der Waals surface area contributed by atoms with Crippen LogP contribution in [0.25, 0.3) is 0 Å². The van der Waals surface area contributed by atoms with Gasteiger partial charge in [-0.25, -0.2) is 4.79 Å². The van der Waals surface area contributed by atoms with Crippen LogP contribution in [0.5, 0.6) is 11.5 Å².